The van der Waals surface area contributed by atoms with Crippen molar-refractivity contribution < 1.29 is 19.0 Å². The normalized spacial score (nSPS) is 16.6. The first kappa shape index (κ1) is 20.0. The molecule has 1 aromatic rings. The van der Waals surface area contributed by atoms with Gasteiger partial charge in [-0.05, 0) is 50.2 Å². The van der Waals surface area contributed by atoms with E-state index in [1.54, 1.807) is 14.0 Å². The molecule has 0 amide bonds. The third kappa shape index (κ3) is 4.66. The lowest BCUT2D eigenvalue weighted by Gasteiger charge is -2.30. The Labute approximate surface area is 159 Å². The highest BCUT2D eigenvalue weighted by Crippen LogP contribution is 2.34. The summed E-state index contributed by atoms with van der Waals surface area (Å²) in [5.74, 6) is 0.921. The number of thiocarbonyl (C=S) groups is 1. The van der Waals surface area contributed by atoms with Crippen LogP contribution in [0.2, 0.25) is 0 Å². The Morgan fingerprint density at radius 3 is 2.69 bits per heavy atom. The number of hydrogen-bond acceptors (Lipinski definition) is 5. The van der Waals surface area contributed by atoms with Crippen molar-refractivity contribution in [3.8, 4) is 11.5 Å². The number of ether oxygens (including phenoxy) is 3. The van der Waals surface area contributed by atoms with E-state index in [2.05, 4.69) is 17.6 Å². The molecule has 26 heavy (non-hydrogen) atoms. The van der Waals surface area contributed by atoms with Crippen LogP contribution in [0.4, 0.5) is 0 Å². The molecule has 0 fully saturated rings. The molecule has 1 atom stereocenters. The highest BCUT2D eigenvalue weighted by atomic mass is 32.1. The molecule has 0 bridgehead atoms. The maximum Gasteiger partial charge on any atom is 0.338 e. The lowest BCUT2D eigenvalue weighted by Crippen LogP contribution is -2.45. The van der Waals surface area contributed by atoms with Crippen molar-refractivity contribution in [3.63, 3.8) is 0 Å². The van der Waals surface area contributed by atoms with Crippen molar-refractivity contribution in [3.05, 3.63) is 35.0 Å². The molecule has 0 unspecified atom stereocenters. The number of allylic oxidation sites excluding steroid dienone is 1. The third-order valence-corrected chi connectivity index (χ3v) is 4.26. The summed E-state index contributed by atoms with van der Waals surface area (Å²) >= 11 is 5.26. The van der Waals surface area contributed by atoms with Gasteiger partial charge in [0.15, 0.2) is 16.6 Å². The van der Waals surface area contributed by atoms with Crippen LogP contribution in [0.25, 0.3) is 0 Å². The van der Waals surface area contributed by atoms with Gasteiger partial charge in [-0.15, -0.1) is 0 Å². The highest BCUT2D eigenvalue weighted by molar-refractivity contribution is 7.80. The fourth-order valence-corrected chi connectivity index (χ4v) is 3.00. The van der Waals surface area contributed by atoms with Gasteiger partial charge in [-0.1, -0.05) is 19.4 Å². The summed E-state index contributed by atoms with van der Waals surface area (Å²) < 4.78 is 16.5. The van der Waals surface area contributed by atoms with Crippen LogP contribution in [0.15, 0.2) is 29.5 Å². The Hall–Kier alpha value is -2.28. The zero-order chi connectivity index (χ0) is 19.1. The number of benzene rings is 1. The van der Waals surface area contributed by atoms with Crippen LogP contribution in [0.1, 0.15) is 45.2 Å². The van der Waals surface area contributed by atoms with Crippen LogP contribution in [0.3, 0.4) is 0 Å². The number of methoxy groups -OCH3 is 1. The molecule has 6 nitrogen and oxygen atoms in total. The van der Waals surface area contributed by atoms with Crippen LogP contribution in [0, 0.1) is 0 Å². The van der Waals surface area contributed by atoms with Crippen molar-refractivity contribution in [1.82, 2.24) is 10.6 Å². The monoisotopic (exact) mass is 378 g/mol. The first-order valence-corrected chi connectivity index (χ1v) is 9.18. The summed E-state index contributed by atoms with van der Waals surface area (Å²) in [6.45, 7) is 6.64. The molecular weight excluding hydrogens is 352 g/mol. The molecule has 7 heteroatoms. The zero-order valence-corrected chi connectivity index (χ0v) is 16.5. The van der Waals surface area contributed by atoms with Gasteiger partial charge in [-0.2, -0.15) is 0 Å². The van der Waals surface area contributed by atoms with E-state index >= 15 is 0 Å². The molecule has 0 aromatic heterocycles. The minimum Gasteiger partial charge on any atom is -0.493 e. The summed E-state index contributed by atoms with van der Waals surface area (Å²) in [5, 5.41) is 6.59. The Morgan fingerprint density at radius 1 is 1.27 bits per heavy atom. The SMILES string of the molecule is CCCCOc1ccc([C@H]2NC(=S)NC(C)=C2C(=O)OCC)cc1OC. The molecule has 1 heterocycles. The van der Waals surface area contributed by atoms with Crippen molar-refractivity contribution in [2.75, 3.05) is 20.3 Å². The van der Waals surface area contributed by atoms with E-state index in [4.69, 9.17) is 26.4 Å². The first-order valence-electron chi connectivity index (χ1n) is 8.77. The van der Waals surface area contributed by atoms with Gasteiger partial charge in [0.25, 0.3) is 0 Å². The van der Waals surface area contributed by atoms with E-state index in [0.717, 1.165) is 18.4 Å². The molecule has 0 spiro atoms. The summed E-state index contributed by atoms with van der Waals surface area (Å²) in [7, 11) is 1.60. The highest BCUT2D eigenvalue weighted by Gasteiger charge is 2.31. The lowest BCUT2D eigenvalue weighted by atomic mass is 9.95. The molecule has 1 aliphatic rings. The summed E-state index contributed by atoms with van der Waals surface area (Å²) in [6, 6.07) is 5.21. The first-order chi connectivity index (χ1) is 12.5. The van der Waals surface area contributed by atoms with E-state index < -0.39 is 6.04 Å². The molecule has 142 valence electrons. The van der Waals surface area contributed by atoms with Crippen molar-refractivity contribution in [1.29, 1.82) is 0 Å². The van der Waals surface area contributed by atoms with Crippen LogP contribution in [-0.4, -0.2) is 31.4 Å². The van der Waals surface area contributed by atoms with Gasteiger partial charge in [0.1, 0.15) is 0 Å². The molecule has 2 rings (SSSR count). The number of nitrogens with one attached hydrogen (secondary N) is 2. The van der Waals surface area contributed by atoms with Gasteiger partial charge in [0.05, 0.1) is 31.9 Å². The predicted molar refractivity (Wildman–Crippen MR) is 104 cm³/mol. The lowest BCUT2D eigenvalue weighted by molar-refractivity contribution is -0.139. The van der Waals surface area contributed by atoms with E-state index in [0.29, 0.717) is 41.1 Å². The molecule has 2 N–H and O–H groups in total. The van der Waals surface area contributed by atoms with Gasteiger partial charge in [0.2, 0.25) is 0 Å². The minimum absolute atomic E-state index is 0.306. The van der Waals surface area contributed by atoms with Gasteiger partial charge in [-0.25, -0.2) is 4.79 Å². The van der Waals surface area contributed by atoms with E-state index in [1.165, 1.54) is 0 Å². The second-order valence-corrected chi connectivity index (χ2v) is 6.31. The Kier molecular flexibility index (Phi) is 7.26. The van der Waals surface area contributed by atoms with Crippen LogP contribution in [0.5, 0.6) is 11.5 Å². The molecule has 1 aromatic carbocycles. The summed E-state index contributed by atoms with van der Waals surface area (Å²) in [6.07, 6.45) is 2.04. The smallest absolute Gasteiger partial charge is 0.338 e. The van der Waals surface area contributed by atoms with Gasteiger partial charge in [-0.3, -0.25) is 0 Å². The quantitative estimate of drug-likeness (QED) is 0.409. The number of carbonyl (C=O) groups is 1. The molecule has 1 aliphatic heterocycles. The molecule has 0 saturated carbocycles. The number of carbonyl (C=O) groups excluding carboxylic acids is 1. The average molecular weight is 378 g/mol. The van der Waals surface area contributed by atoms with Crippen LogP contribution < -0.4 is 20.1 Å². The molecule has 0 radical (unpaired) electrons. The zero-order valence-electron chi connectivity index (χ0n) is 15.7. The predicted octanol–water partition coefficient (Wildman–Crippen LogP) is 3.23. The minimum atomic E-state index is -0.415. The van der Waals surface area contributed by atoms with Crippen molar-refractivity contribution in [2.45, 2.75) is 39.7 Å². The summed E-state index contributed by atoms with van der Waals surface area (Å²) in [5.41, 5.74) is 2.03. The number of unbranched alkanes of at least 4 members (excludes halogenated alkanes) is 1. The largest absolute Gasteiger partial charge is 0.493 e. The van der Waals surface area contributed by atoms with E-state index in [1.807, 2.05) is 25.1 Å². The number of hydrogen-bond donors (Lipinski definition) is 2. The average Bonchev–Trinajstić information content (AvgIpc) is 2.61. The van der Waals surface area contributed by atoms with Gasteiger partial charge in [0, 0.05) is 5.70 Å². The second kappa shape index (κ2) is 9.43. The number of esters is 1. The molecular formula is C19H26N2O4S. The summed E-state index contributed by atoms with van der Waals surface area (Å²) in [4.78, 5) is 12.4. The van der Waals surface area contributed by atoms with Crippen molar-refractivity contribution >= 4 is 23.3 Å². The van der Waals surface area contributed by atoms with E-state index in [-0.39, 0.29) is 5.97 Å². The van der Waals surface area contributed by atoms with Gasteiger partial charge < -0.3 is 24.8 Å². The van der Waals surface area contributed by atoms with E-state index in [9.17, 15) is 4.79 Å². The molecule has 0 saturated heterocycles. The topological polar surface area (TPSA) is 68.8 Å². The maximum absolute atomic E-state index is 12.4. The fourth-order valence-electron chi connectivity index (χ4n) is 2.73. The fraction of sp³-hybridized carbons (Fsp3) is 0.474. The number of rotatable bonds is 8. The third-order valence-electron chi connectivity index (χ3n) is 4.04. The van der Waals surface area contributed by atoms with Crippen LogP contribution in [-0.2, 0) is 9.53 Å². The molecule has 0 aliphatic carbocycles. The Balaban J connectivity index is 2.36. The van der Waals surface area contributed by atoms with Gasteiger partial charge >= 0.3 is 5.97 Å². The Morgan fingerprint density at radius 2 is 2.04 bits per heavy atom. The standard InChI is InChI=1S/C19H26N2O4S/c1-5-7-10-25-14-9-8-13(11-15(14)23-4)17-16(18(22)24-6-2)12(3)20-19(26)21-17/h8-9,11,17H,5-7,10H2,1-4H3,(H2,20,21,26)/t17-/m1/s1. The second-order valence-electron chi connectivity index (χ2n) is 5.90. The van der Waals surface area contributed by atoms with Crippen LogP contribution >= 0.6 is 12.2 Å². The maximum atomic E-state index is 12.4. The van der Waals surface area contributed by atoms with Crippen molar-refractivity contribution in [2.24, 2.45) is 0 Å². The Bertz CT molecular complexity index is 703.